The first-order chi connectivity index (χ1) is 10.9. The fraction of sp³-hybridized carbons (Fsp3) is 0.810. The summed E-state index contributed by atoms with van der Waals surface area (Å²) >= 11 is 0. The smallest absolute Gasteiger partial charge is 0.155 e. The molecule has 4 aliphatic carbocycles. The van der Waals surface area contributed by atoms with Crippen LogP contribution >= 0.6 is 0 Å². The van der Waals surface area contributed by atoms with Crippen LogP contribution in [0.1, 0.15) is 72.1 Å². The topological polar surface area (TPSA) is 34.1 Å². The minimum atomic E-state index is 0.245. The number of ketones is 2. The number of hydrogen-bond donors (Lipinski definition) is 0. The third-order valence-electron chi connectivity index (χ3n) is 8.45. The summed E-state index contributed by atoms with van der Waals surface area (Å²) in [6.45, 7) is 6.65. The van der Waals surface area contributed by atoms with E-state index >= 15 is 0 Å². The van der Waals surface area contributed by atoms with Crippen LogP contribution < -0.4 is 0 Å². The molecule has 0 unspecified atom stereocenters. The highest BCUT2D eigenvalue weighted by molar-refractivity contribution is 5.91. The summed E-state index contributed by atoms with van der Waals surface area (Å²) in [4.78, 5) is 24.0. The summed E-state index contributed by atoms with van der Waals surface area (Å²) in [7, 11) is 0. The average Bonchev–Trinajstić information content (AvgIpc) is 2.85. The van der Waals surface area contributed by atoms with Crippen LogP contribution in [0, 0.1) is 34.5 Å². The quantitative estimate of drug-likeness (QED) is 0.701. The van der Waals surface area contributed by atoms with Gasteiger partial charge in [0.05, 0.1) is 0 Å². The molecule has 0 heterocycles. The lowest BCUT2D eigenvalue weighted by Crippen LogP contribution is -2.51. The molecule has 0 aromatic carbocycles. The Balaban J connectivity index is 1.67. The van der Waals surface area contributed by atoms with Gasteiger partial charge in [-0.1, -0.05) is 19.4 Å². The molecule has 4 rings (SSSR count). The highest BCUT2D eigenvalue weighted by atomic mass is 16.1. The molecule has 0 bridgehead atoms. The second kappa shape index (κ2) is 5.04. The maximum absolute atomic E-state index is 12.1. The molecule has 0 saturated heterocycles. The Kier molecular flexibility index (Phi) is 3.42. The zero-order chi connectivity index (χ0) is 16.4. The number of carbonyl (C=O) groups excluding carboxylic acids is 2. The predicted octanol–water partition coefficient (Wildman–Crippen LogP) is 4.72. The average molecular weight is 314 g/mol. The molecule has 4 aliphatic rings. The summed E-state index contributed by atoms with van der Waals surface area (Å²) in [5.41, 5.74) is 1.95. The lowest BCUT2D eigenvalue weighted by Gasteiger charge is -2.58. The number of fused-ring (bicyclic) bond motifs is 5. The first-order valence-electron chi connectivity index (χ1n) is 9.60. The lowest BCUT2D eigenvalue weighted by molar-refractivity contribution is -0.128. The highest BCUT2D eigenvalue weighted by Crippen LogP contribution is 2.66. The van der Waals surface area contributed by atoms with Gasteiger partial charge in [0.15, 0.2) is 5.78 Å². The van der Waals surface area contributed by atoms with E-state index in [9.17, 15) is 9.59 Å². The van der Waals surface area contributed by atoms with Crippen molar-refractivity contribution in [2.24, 2.45) is 34.5 Å². The number of rotatable bonds is 1. The van der Waals surface area contributed by atoms with Crippen molar-refractivity contribution < 1.29 is 9.59 Å². The fourth-order valence-electron chi connectivity index (χ4n) is 7.23. The Morgan fingerprint density at radius 2 is 1.83 bits per heavy atom. The van der Waals surface area contributed by atoms with Crippen LogP contribution in [0.15, 0.2) is 11.6 Å². The third-order valence-corrected chi connectivity index (χ3v) is 8.45. The molecular formula is C21H30O2. The Bertz CT molecular complexity index is 589. The van der Waals surface area contributed by atoms with Gasteiger partial charge in [0, 0.05) is 12.3 Å². The maximum Gasteiger partial charge on any atom is 0.155 e. The lowest BCUT2D eigenvalue weighted by atomic mass is 9.47. The van der Waals surface area contributed by atoms with E-state index in [1.807, 2.05) is 6.08 Å². The molecule has 0 aromatic rings. The van der Waals surface area contributed by atoms with Gasteiger partial charge in [0.1, 0.15) is 5.78 Å². The van der Waals surface area contributed by atoms with E-state index in [1.165, 1.54) is 31.3 Å². The molecule has 6 atom stereocenters. The van der Waals surface area contributed by atoms with Crippen LogP contribution in [0.2, 0.25) is 0 Å². The van der Waals surface area contributed by atoms with E-state index in [2.05, 4.69) is 13.8 Å². The summed E-state index contributed by atoms with van der Waals surface area (Å²) in [6.07, 6.45) is 10.9. The van der Waals surface area contributed by atoms with Gasteiger partial charge in [-0.15, -0.1) is 0 Å². The Hall–Kier alpha value is -0.920. The molecule has 0 aliphatic heterocycles. The second-order valence-corrected chi connectivity index (χ2v) is 9.25. The molecule has 23 heavy (non-hydrogen) atoms. The van der Waals surface area contributed by atoms with Crippen molar-refractivity contribution in [1.82, 2.24) is 0 Å². The van der Waals surface area contributed by atoms with Crippen LogP contribution in [-0.2, 0) is 9.59 Å². The van der Waals surface area contributed by atoms with Crippen LogP contribution in [-0.4, -0.2) is 11.6 Å². The van der Waals surface area contributed by atoms with Crippen molar-refractivity contribution in [3.63, 3.8) is 0 Å². The fourth-order valence-corrected chi connectivity index (χ4v) is 7.23. The molecule has 2 nitrogen and oxygen atoms in total. The van der Waals surface area contributed by atoms with E-state index in [1.54, 1.807) is 6.92 Å². The van der Waals surface area contributed by atoms with Crippen molar-refractivity contribution in [2.45, 2.75) is 72.1 Å². The van der Waals surface area contributed by atoms with Gasteiger partial charge in [0.25, 0.3) is 0 Å². The van der Waals surface area contributed by atoms with Crippen molar-refractivity contribution in [1.29, 1.82) is 0 Å². The van der Waals surface area contributed by atoms with Gasteiger partial charge >= 0.3 is 0 Å². The van der Waals surface area contributed by atoms with Gasteiger partial charge in [-0.25, -0.2) is 0 Å². The Morgan fingerprint density at radius 3 is 2.57 bits per heavy atom. The van der Waals surface area contributed by atoms with Crippen molar-refractivity contribution in [3.05, 3.63) is 11.6 Å². The molecule has 0 aromatic heterocycles. The standard InChI is InChI=1S/C21H30O2/c1-13(22)17-6-7-18-16-5-4-14-12-15(23)8-10-20(14,2)19(16)9-11-21(17,18)3/h12,16-19H,4-11H2,1-3H3/t16-,17+,18-,19-,20+,21-/m0/s1. The number of hydrogen-bond acceptors (Lipinski definition) is 2. The van der Waals surface area contributed by atoms with Gasteiger partial charge < -0.3 is 0 Å². The first-order valence-corrected chi connectivity index (χ1v) is 9.60. The van der Waals surface area contributed by atoms with E-state index in [-0.39, 0.29) is 10.8 Å². The van der Waals surface area contributed by atoms with Crippen LogP contribution in [0.4, 0.5) is 0 Å². The highest BCUT2D eigenvalue weighted by Gasteiger charge is 2.59. The molecule has 0 N–H and O–H groups in total. The largest absolute Gasteiger partial charge is 0.300 e. The minimum Gasteiger partial charge on any atom is -0.300 e. The number of Topliss-reactive ketones (excluding diaryl/α,β-unsaturated/α-hetero) is 1. The van der Waals surface area contributed by atoms with E-state index in [0.29, 0.717) is 17.5 Å². The molecule has 3 saturated carbocycles. The zero-order valence-electron chi connectivity index (χ0n) is 14.9. The minimum absolute atomic E-state index is 0.245. The molecule has 0 spiro atoms. The molecule has 0 radical (unpaired) electrons. The van der Waals surface area contributed by atoms with Crippen LogP contribution in [0.3, 0.4) is 0 Å². The van der Waals surface area contributed by atoms with E-state index in [4.69, 9.17) is 0 Å². The van der Waals surface area contributed by atoms with Crippen molar-refractivity contribution in [2.75, 3.05) is 0 Å². The molecular weight excluding hydrogens is 284 g/mol. The summed E-state index contributed by atoms with van der Waals surface area (Å²) < 4.78 is 0. The van der Waals surface area contributed by atoms with E-state index in [0.717, 1.165) is 43.4 Å². The van der Waals surface area contributed by atoms with Gasteiger partial charge in [-0.3, -0.25) is 9.59 Å². The van der Waals surface area contributed by atoms with E-state index < -0.39 is 0 Å². The van der Waals surface area contributed by atoms with Gasteiger partial charge in [-0.05, 0) is 86.5 Å². The second-order valence-electron chi connectivity index (χ2n) is 9.25. The van der Waals surface area contributed by atoms with Crippen LogP contribution in [0.25, 0.3) is 0 Å². The summed E-state index contributed by atoms with van der Waals surface area (Å²) in [5.74, 6) is 3.29. The van der Waals surface area contributed by atoms with Crippen molar-refractivity contribution in [3.8, 4) is 0 Å². The first kappa shape index (κ1) is 15.6. The number of allylic oxidation sites excluding steroid dienone is 1. The van der Waals surface area contributed by atoms with Gasteiger partial charge in [-0.2, -0.15) is 0 Å². The monoisotopic (exact) mass is 314 g/mol. The van der Waals surface area contributed by atoms with Crippen molar-refractivity contribution >= 4 is 11.6 Å². The summed E-state index contributed by atoms with van der Waals surface area (Å²) in [5, 5.41) is 0. The maximum atomic E-state index is 12.1. The molecule has 2 heteroatoms. The molecule has 126 valence electrons. The number of carbonyl (C=O) groups is 2. The summed E-state index contributed by atoms with van der Waals surface area (Å²) in [6, 6.07) is 0. The van der Waals surface area contributed by atoms with Gasteiger partial charge in [0.2, 0.25) is 0 Å². The predicted molar refractivity (Wildman–Crippen MR) is 90.9 cm³/mol. The SMILES string of the molecule is CC(=O)[C@H]1CC[C@H]2[C@@H]3CCC4=CC(=O)CC[C@@]4(C)[C@H]3CC[C@@]12C. The Morgan fingerprint density at radius 1 is 1.04 bits per heavy atom. The normalized spacial score (nSPS) is 49.0. The third kappa shape index (κ3) is 2.06. The van der Waals surface area contributed by atoms with Crippen LogP contribution in [0.5, 0.6) is 0 Å². The Labute approximate surface area is 140 Å². The molecule has 3 fully saturated rings. The zero-order valence-corrected chi connectivity index (χ0v) is 14.9. The molecule has 0 amide bonds.